The first-order chi connectivity index (χ1) is 20.2. The zero-order chi connectivity index (χ0) is 29.5. The molecule has 2 aromatic carbocycles. The van der Waals surface area contributed by atoms with Crippen LogP contribution in [0.1, 0.15) is 87.1 Å². The van der Waals surface area contributed by atoms with Gasteiger partial charge < -0.3 is 15.2 Å². The molecule has 1 fully saturated rings. The number of anilines is 1. The van der Waals surface area contributed by atoms with Gasteiger partial charge in [-0.3, -0.25) is 4.98 Å². The molecule has 1 aromatic heterocycles. The van der Waals surface area contributed by atoms with E-state index in [-0.39, 0.29) is 11.2 Å². The third-order valence-corrected chi connectivity index (χ3v) is 10.9. The van der Waals surface area contributed by atoms with E-state index < -0.39 is 11.5 Å². The van der Waals surface area contributed by atoms with E-state index in [2.05, 4.69) is 64.3 Å². The summed E-state index contributed by atoms with van der Waals surface area (Å²) in [6.07, 6.45) is 9.91. The Morgan fingerprint density at radius 1 is 1.19 bits per heavy atom. The summed E-state index contributed by atoms with van der Waals surface area (Å²) in [6, 6.07) is 15.4. The number of hydrogen-bond acceptors (Lipinski definition) is 4. The van der Waals surface area contributed by atoms with E-state index in [0.29, 0.717) is 47.4 Å². The molecule has 3 aromatic rings. The van der Waals surface area contributed by atoms with Crippen molar-refractivity contribution >= 4 is 27.6 Å². The number of carboxylic acids is 1. The molecule has 0 amide bonds. The number of rotatable bonds is 8. The molecule has 0 unspecified atom stereocenters. The highest BCUT2D eigenvalue weighted by Crippen LogP contribution is 2.56. The lowest BCUT2D eigenvalue weighted by atomic mass is 9.59. The molecule has 1 saturated carbocycles. The molecule has 3 atom stereocenters. The van der Waals surface area contributed by atoms with Gasteiger partial charge in [0.05, 0.1) is 11.1 Å². The van der Waals surface area contributed by atoms with Crippen molar-refractivity contribution in [1.29, 1.82) is 0 Å². The molecule has 6 rings (SSSR count). The van der Waals surface area contributed by atoms with Gasteiger partial charge in [0.1, 0.15) is 17.1 Å². The van der Waals surface area contributed by atoms with E-state index in [1.54, 1.807) is 12.1 Å². The Labute approximate surface area is 256 Å². The topological polar surface area (TPSA) is 71.5 Å². The Bertz CT molecular complexity index is 1470. The smallest absolute Gasteiger partial charge is 0.329 e. The van der Waals surface area contributed by atoms with Gasteiger partial charge in [-0.1, -0.05) is 38.1 Å². The van der Waals surface area contributed by atoms with Crippen molar-refractivity contribution in [2.75, 3.05) is 11.9 Å². The molecule has 7 heteroatoms. The number of benzene rings is 2. The van der Waals surface area contributed by atoms with Crippen LogP contribution in [0.4, 0.5) is 10.1 Å². The number of carbonyl (C=O) groups is 1. The Morgan fingerprint density at radius 3 is 2.74 bits per heavy atom. The zero-order valence-corrected chi connectivity index (χ0v) is 26.1. The molecule has 2 N–H and O–H groups in total. The molecule has 5 nitrogen and oxygen atoms in total. The fourth-order valence-corrected chi connectivity index (χ4v) is 8.45. The highest BCUT2D eigenvalue weighted by molar-refractivity contribution is 9.10. The largest absolute Gasteiger partial charge is 0.493 e. The monoisotopic (exact) mass is 634 g/mol. The van der Waals surface area contributed by atoms with E-state index in [1.807, 2.05) is 12.3 Å². The van der Waals surface area contributed by atoms with Crippen LogP contribution >= 0.6 is 15.9 Å². The van der Waals surface area contributed by atoms with Gasteiger partial charge in [0.15, 0.2) is 0 Å². The number of hydrogen-bond donors (Lipinski definition) is 2. The number of aryl methyl sites for hydroxylation is 1. The lowest BCUT2D eigenvalue weighted by Crippen LogP contribution is -2.53. The van der Waals surface area contributed by atoms with Crippen molar-refractivity contribution in [3.63, 3.8) is 0 Å². The van der Waals surface area contributed by atoms with E-state index in [4.69, 9.17) is 4.74 Å². The van der Waals surface area contributed by atoms with Crippen LogP contribution in [0.3, 0.4) is 0 Å². The Kier molecular flexibility index (Phi) is 8.07. The molecule has 3 aliphatic rings. The van der Waals surface area contributed by atoms with Crippen LogP contribution in [0.2, 0.25) is 0 Å². The fraction of sp³-hybridized carbons (Fsp3) is 0.486. The van der Waals surface area contributed by atoms with Gasteiger partial charge in [0.25, 0.3) is 0 Å². The van der Waals surface area contributed by atoms with Crippen molar-refractivity contribution in [3.05, 3.63) is 87.4 Å². The molecule has 1 heterocycles. The average Bonchev–Trinajstić information content (AvgIpc) is 3.27. The van der Waals surface area contributed by atoms with Crippen LogP contribution in [0, 0.1) is 17.7 Å². The number of halogens is 2. The van der Waals surface area contributed by atoms with Gasteiger partial charge >= 0.3 is 5.97 Å². The molecular weight excluding hydrogens is 595 g/mol. The van der Waals surface area contributed by atoms with E-state index >= 15 is 0 Å². The molecule has 0 radical (unpaired) electrons. The number of aromatic nitrogens is 1. The summed E-state index contributed by atoms with van der Waals surface area (Å²) in [5.41, 5.74) is 4.74. The minimum absolute atomic E-state index is 0.0563. The molecule has 222 valence electrons. The Morgan fingerprint density at radius 2 is 1.98 bits per heavy atom. The van der Waals surface area contributed by atoms with Gasteiger partial charge in [0.2, 0.25) is 0 Å². The number of carboxylic acid groups (broad SMARTS) is 1. The summed E-state index contributed by atoms with van der Waals surface area (Å²) >= 11 is 3.24. The van der Waals surface area contributed by atoms with Crippen molar-refractivity contribution in [2.45, 2.75) is 88.5 Å². The van der Waals surface area contributed by atoms with Crippen molar-refractivity contribution < 1.29 is 19.0 Å². The summed E-state index contributed by atoms with van der Waals surface area (Å²) in [5, 5.41) is 13.7. The maximum Gasteiger partial charge on any atom is 0.329 e. The van der Waals surface area contributed by atoms with Crippen LogP contribution in [0.25, 0.3) is 0 Å². The third kappa shape index (κ3) is 5.34. The standard InChI is InChI=1S/C35H40BrFN2O3/c1-22(21-42-31-12-17-38-30-9-5-6-23(2)32(30)31)18-25-19-24-7-3-4-8-27(24)34(25)13-15-35(16-14-34,33(40)41)39-26-10-11-29(37)28(36)20-26/h3-4,7-8,10-12,17,20,22-23,25,39H,5-6,9,13-16,18-19,21H2,1-2H3,(H,40,41)/t22-,23-,25+,34?,35?/m1/s1. The SMILES string of the molecule is C[C@@H](COc1ccnc2c1[C@H](C)CCC2)C[C@H]1Cc2ccccc2C12CCC(Nc1ccc(F)c(Br)c1)(C(=O)O)CC2. The first-order valence-electron chi connectivity index (χ1n) is 15.4. The normalized spacial score (nSPS) is 27.2. The third-order valence-electron chi connectivity index (χ3n) is 10.3. The van der Waals surface area contributed by atoms with E-state index in [0.717, 1.165) is 37.9 Å². The first kappa shape index (κ1) is 29.2. The predicted octanol–water partition coefficient (Wildman–Crippen LogP) is 8.45. The molecule has 0 saturated heterocycles. The maximum absolute atomic E-state index is 13.9. The Balaban J connectivity index is 1.19. The van der Waals surface area contributed by atoms with Crippen LogP contribution in [0.5, 0.6) is 5.75 Å². The number of fused-ring (bicyclic) bond motifs is 3. The van der Waals surface area contributed by atoms with Crippen LogP contribution in [-0.2, 0) is 23.1 Å². The molecular formula is C35H40BrFN2O3. The second kappa shape index (κ2) is 11.6. The molecule has 1 spiro atoms. The van der Waals surface area contributed by atoms with Crippen molar-refractivity contribution in [3.8, 4) is 5.75 Å². The Hall–Kier alpha value is -2.93. The molecule has 42 heavy (non-hydrogen) atoms. The molecule has 0 bridgehead atoms. The lowest BCUT2D eigenvalue weighted by molar-refractivity contribution is -0.144. The quantitative estimate of drug-likeness (QED) is 0.260. The number of nitrogens with zero attached hydrogens (tertiary/aromatic N) is 1. The van der Waals surface area contributed by atoms with Gasteiger partial charge in [-0.2, -0.15) is 0 Å². The summed E-state index contributed by atoms with van der Waals surface area (Å²) < 4.78 is 20.7. The minimum atomic E-state index is -1.09. The van der Waals surface area contributed by atoms with Crippen molar-refractivity contribution in [1.82, 2.24) is 4.98 Å². The van der Waals surface area contributed by atoms with Crippen molar-refractivity contribution in [2.24, 2.45) is 11.8 Å². The molecule has 3 aliphatic carbocycles. The number of ether oxygens (including phenoxy) is 1. The highest BCUT2D eigenvalue weighted by Gasteiger charge is 2.54. The van der Waals surface area contributed by atoms with Gasteiger partial charge in [0, 0.05) is 23.1 Å². The summed E-state index contributed by atoms with van der Waals surface area (Å²) in [7, 11) is 0. The number of pyridine rings is 1. The second-order valence-electron chi connectivity index (χ2n) is 13.0. The summed E-state index contributed by atoms with van der Waals surface area (Å²) in [5.74, 6) is 1.02. The molecule has 0 aliphatic heterocycles. The number of aliphatic carboxylic acids is 1. The van der Waals surface area contributed by atoms with Gasteiger partial charge in [-0.05, 0) is 132 Å². The highest BCUT2D eigenvalue weighted by atomic mass is 79.9. The van der Waals surface area contributed by atoms with Crippen LogP contribution < -0.4 is 10.1 Å². The van der Waals surface area contributed by atoms with Crippen LogP contribution in [0.15, 0.2) is 59.2 Å². The van der Waals surface area contributed by atoms with Crippen LogP contribution in [-0.4, -0.2) is 28.2 Å². The fourth-order valence-electron chi connectivity index (χ4n) is 8.07. The van der Waals surface area contributed by atoms with Gasteiger partial charge in [-0.15, -0.1) is 0 Å². The predicted molar refractivity (Wildman–Crippen MR) is 167 cm³/mol. The second-order valence-corrected chi connectivity index (χ2v) is 13.8. The lowest BCUT2D eigenvalue weighted by Gasteiger charge is -2.47. The maximum atomic E-state index is 13.9. The van der Waals surface area contributed by atoms with Gasteiger partial charge in [-0.25, -0.2) is 9.18 Å². The van der Waals surface area contributed by atoms with E-state index in [1.165, 1.54) is 41.3 Å². The average molecular weight is 636 g/mol. The summed E-state index contributed by atoms with van der Waals surface area (Å²) in [6.45, 7) is 5.22. The first-order valence-corrected chi connectivity index (χ1v) is 16.2. The zero-order valence-electron chi connectivity index (χ0n) is 24.5. The summed E-state index contributed by atoms with van der Waals surface area (Å²) in [4.78, 5) is 17.3. The van der Waals surface area contributed by atoms with E-state index in [9.17, 15) is 14.3 Å². The minimum Gasteiger partial charge on any atom is -0.493 e. The number of nitrogens with one attached hydrogen (secondary N) is 1.